The van der Waals surface area contributed by atoms with Gasteiger partial charge in [0, 0.05) is 20.2 Å². The number of hydrogen-bond acceptors (Lipinski definition) is 6. The molecule has 9 nitrogen and oxygen atoms in total. The molecule has 0 unspecified atom stereocenters. The highest BCUT2D eigenvalue weighted by Gasteiger charge is 2.31. The van der Waals surface area contributed by atoms with Gasteiger partial charge in [0.25, 0.3) is 17.4 Å². The van der Waals surface area contributed by atoms with Crippen LogP contribution in [-0.2, 0) is 10.0 Å². The Morgan fingerprint density at radius 1 is 1.04 bits per heavy atom. The normalized spacial score (nSPS) is 13.9. The molecule has 0 aliphatic carbocycles. The Labute approximate surface area is 142 Å². The summed E-state index contributed by atoms with van der Waals surface area (Å²) in [6, 6.07) is 6.48. The largest absolute Gasteiger partial charge is 0.384 e. The number of hydrogen-bond donors (Lipinski definition) is 2. The summed E-state index contributed by atoms with van der Waals surface area (Å²) in [4.78, 5) is 35.8. The van der Waals surface area contributed by atoms with Gasteiger partial charge in [-0.3, -0.25) is 24.3 Å². The van der Waals surface area contributed by atoms with E-state index >= 15 is 0 Å². The van der Waals surface area contributed by atoms with Crippen molar-refractivity contribution in [1.29, 1.82) is 0 Å². The molecule has 10 heteroatoms. The Morgan fingerprint density at radius 3 is 2.20 bits per heavy atom. The lowest BCUT2D eigenvalue weighted by atomic mass is 10.1. The van der Waals surface area contributed by atoms with Gasteiger partial charge in [0.1, 0.15) is 5.82 Å². The van der Waals surface area contributed by atoms with Crippen molar-refractivity contribution < 1.29 is 18.0 Å². The van der Waals surface area contributed by atoms with E-state index in [1.54, 1.807) is 0 Å². The molecular weight excluding hydrogens is 348 g/mol. The van der Waals surface area contributed by atoms with Gasteiger partial charge in [-0.1, -0.05) is 0 Å². The van der Waals surface area contributed by atoms with Crippen molar-refractivity contribution in [1.82, 2.24) is 14.2 Å². The predicted octanol–water partition coefficient (Wildman–Crippen LogP) is -0.446. The molecule has 0 fully saturated rings. The summed E-state index contributed by atoms with van der Waals surface area (Å²) in [5.41, 5.74) is 5.43. The molecule has 3 N–H and O–H groups in total. The predicted molar refractivity (Wildman–Crippen MR) is 89.1 cm³/mol. The third-order valence-corrected chi connectivity index (χ3v) is 5.66. The molecule has 1 aliphatic rings. The van der Waals surface area contributed by atoms with Gasteiger partial charge in [-0.25, -0.2) is 12.7 Å². The van der Waals surface area contributed by atoms with E-state index in [9.17, 15) is 22.8 Å². The number of nitrogen functional groups attached to an aromatic ring is 1. The zero-order chi connectivity index (χ0) is 18.5. The number of benzene rings is 1. The lowest BCUT2D eigenvalue weighted by Crippen LogP contribution is -2.24. The zero-order valence-electron chi connectivity index (χ0n) is 13.3. The number of rotatable bonds is 3. The fourth-order valence-corrected chi connectivity index (χ4v) is 3.43. The van der Waals surface area contributed by atoms with Crippen molar-refractivity contribution in [2.45, 2.75) is 4.90 Å². The first-order valence-electron chi connectivity index (χ1n) is 7.09. The number of nitrogens with zero attached hydrogens (tertiary/aromatic N) is 2. The van der Waals surface area contributed by atoms with Crippen LogP contribution in [-0.4, -0.2) is 43.2 Å². The molecule has 130 valence electrons. The fourth-order valence-electron chi connectivity index (χ4n) is 2.52. The average Bonchev–Trinajstić information content (AvgIpc) is 2.82. The van der Waals surface area contributed by atoms with Gasteiger partial charge in [-0.05, 0) is 24.3 Å². The summed E-state index contributed by atoms with van der Waals surface area (Å²) in [5.74, 6) is -1.55. The van der Waals surface area contributed by atoms with Crippen molar-refractivity contribution in [2.24, 2.45) is 0 Å². The molecular formula is C15H14N4O5S. The second kappa shape index (κ2) is 5.53. The topological polar surface area (TPSA) is 132 Å². The minimum Gasteiger partial charge on any atom is -0.384 e. The van der Waals surface area contributed by atoms with Crippen LogP contribution in [0.2, 0.25) is 0 Å². The Balaban J connectivity index is 2.16. The average molecular weight is 362 g/mol. The molecule has 2 heterocycles. The quantitative estimate of drug-likeness (QED) is 0.711. The highest BCUT2D eigenvalue weighted by atomic mass is 32.2. The Hall–Kier alpha value is -2.98. The number of imide groups is 1. The van der Waals surface area contributed by atoms with Gasteiger partial charge < -0.3 is 5.73 Å². The smallest absolute Gasteiger partial charge is 0.262 e. The van der Waals surface area contributed by atoms with Crippen LogP contribution >= 0.6 is 0 Å². The van der Waals surface area contributed by atoms with E-state index in [0.717, 1.165) is 14.9 Å². The molecule has 0 saturated carbocycles. The van der Waals surface area contributed by atoms with E-state index in [1.807, 2.05) is 0 Å². The second-order valence-corrected chi connectivity index (χ2v) is 7.71. The number of nitrogens with one attached hydrogen (secondary N) is 1. The summed E-state index contributed by atoms with van der Waals surface area (Å²) in [6.45, 7) is 0. The van der Waals surface area contributed by atoms with Gasteiger partial charge in [0.05, 0.1) is 21.7 Å². The Bertz CT molecular complexity index is 1070. The van der Waals surface area contributed by atoms with Gasteiger partial charge in [0.2, 0.25) is 10.0 Å². The standard InChI is InChI=1S/C15H14N4O5S/c1-18(2)25(23,24)9-5-3-8(4-6-9)19-11(20)7-10-12(13(19)16)15(22)17-14(10)21/h3-7H,16H2,1-2H3,(H,17,21,22). The van der Waals surface area contributed by atoms with E-state index in [4.69, 9.17) is 5.73 Å². The maximum Gasteiger partial charge on any atom is 0.262 e. The molecule has 0 spiro atoms. The first-order valence-corrected chi connectivity index (χ1v) is 8.53. The number of carbonyl (C=O) groups is 2. The molecule has 25 heavy (non-hydrogen) atoms. The minimum absolute atomic E-state index is 0.0435. The SMILES string of the molecule is CN(C)S(=O)(=O)c1ccc(-n2c(N)c3c(cc2=O)C(=O)NC3=O)cc1. The number of carbonyl (C=O) groups excluding carboxylic acids is 2. The van der Waals surface area contributed by atoms with Crippen molar-refractivity contribution >= 4 is 27.7 Å². The molecule has 0 radical (unpaired) electrons. The van der Waals surface area contributed by atoms with Gasteiger partial charge in [0.15, 0.2) is 0 Å². The molecule has 3 rings (SSSR count). The maximum atomic E-state index is 12.3. The van der Waals surface area contributed by atoms with Gasteiger partial charge in [-0.2, -0.15) is 0 Å². The summed E-state index contributed by atoms with van der Waals surface area (Å²) < 4.78 is 26.3. The molecule has 1 aliphatic heterocycles. The zero-order valence-corrected chi connectivity index (χ0v) is 14.1. The highest BCUT2D eigenvalue weighted by molar-refractivity contribution is 7.89. The fraction of sp³-hybridized carbons (Fsp3) is 0.133. The van der Waals surface area contributed by atoms with Crippen molar-refractivity contribution in [3.8, 4) is 5.69 Å². The number of pyridine rings is 1. The molecule has 2 amide bonds. The number of fused-ring (bicyclic) bond motifs is 1. The minimum atomic E-state index is -3.62. The highest BCUT2D eigenvalue weighted by Crippen LogP contribution is 2.23. The second-order valence-electron chi connectivity index (χ2n) is 5.56. The third kappa shape index (κ3) is 2.51. The van der Waals surface area contributed by atoms with Crippen molar-refractivity contribution in [2.75, 3.05) is 19.8 Å². The number of nitrogens with two attached hydrogens (primary N) is 1. The van der Waals surface area contributed by atoms with Crippen LogP contribution < -0.4 is 16.6 Å². The van der Waals surface area contributed by atoms with Crippen molar-refractivity contribution in [3.05, 3.63) is 51.8 Å². The van der Waals surface area contributed by atoms with E-state index < -0.39 is 27.4 Å². The Kier molecular flexibility index (Phi) is 3.73. The first-order chi connectivity index (χ1) is 11.6. The maximum absolute atomic E-state index is 12.3. The van der Waals surface area contributed by atoms with Crippen LogP contribution in [0.15, 0.2) is 40.0 Å². The van der Waals surface area contributed by atoms with E-state index in [-0.39, 0.29) is 27.5 Å². The lowest BCUT2D eigenvalue weighted by molar-refractivity contribution is 0.0880. The molecule has 1 aromatic heterocycles. The summed E-state index contributed by atoms with van der Waals surface area (Å²) >= 11 is 0. The molecule has 0 bridgehead atoms. The number of amides is 2. The number of sulfonamides is 1. The molecule has 2 aromatic rings. The summed E-state index contributed by atoms with van der Waals surface area (Å²) in [5, 5.41) is 2.08. The van der Waals surface area contributed by atoms with E-state index in [2.05, 4.69) is 5.32 Å². The Morgan fingerprint density at radius 2 is 1.64 bits per heavy atom. The van der Waals surface area contributed by atoms with Crippen LogP contribution in [0.4, 0.5) is 5.82 Å². The lowest BCUT2D eigenvalue weighted by Gasteiger charge is -2.14. The molecule has 0 saturated heterocycles. The van der Waals surface area contributed by atoms with Crippen LogP contribution in [0, 0.1) is 0 Å². The van der Waals surface area contributed by atoms with Crippen LogP contribution in [0.5, 0.6) is 0 Å². The summed E-state index contributed by atoms with van der Waals surface area (Å²) in [6.07, 6.45) is 0. The number of aromatic nitrogens is 1. The van der Waals surface area contributed by atoms with Crippen molar-refractivity contribution in [3.63, 3.8) is 0 Å². The number of anilines is 1. The van der Waals surface area contributed by atoms with E-state index in [0.29, 0.717) is 0 Å². The van der Waals surface area contributed by atoms with E-state index in [1.165, 1.54) is 38.4 Å². The first kappa shape index (κ1) is 16.9. The monoisotopic (exact) mass is 362 g/mol. The van der Waals surface area contributed by atoms with Gasteiger partial charge >= 0.3 is 0 Å². The van der Waals surface area contributed by atoms with Crippen LogP contribution in [0.1, 0.15) is 20.7 Å². The van der Waals surface area contributed by atoms with Gasteiger partial charge in [-0.15, -0.1) is 0 Å². The molecule has 0 atom stereocenters. The van der Waals surface area contributed by atoms with Crippen LogP contribution in [0.3, 0.4) is 0 Å². The summed E-state index contributed by atoms with van der Waals surface area (Å²) in [7, 11) is -0.807. The third-order valence-electron chi connectivity index (χ3n) is 3.83. The van der Waals surface area contributed by atoms with Crippen LogP contribution in [0.25, 0.3) is 5.69 Å². The molecule has 1 aromatic carbocycles.